The second kappa shape index (κ2) is 8.10. The molecule has 0 aliphatic carbocycles. The van der Waals surface area contributed by atoms with Gasteiger partial charge in [0.15, 0.2) is 0 Å². The van der Waals surface area contributed by atoms with E-state index in [0.29, 0.717) is 22.6 Å². The molecule has 5 nitrogen and oxygen atoms in total. The first-order chi connectivity index (χ1) is 11.5. The zero-order valence-electron chi connectivity index (χ0n) is 13.5. The summed E-state index contributed by atoms with van der Waals surface area (Å²) in [6.07, 6.45) is 0.124. The number of carbonyl (C=O) groups excluding carboxylic acids is 2. The molecular weight excluding hydrogens is 313 g/mol. The van der Waals surface area contributed by atoms with Crippen LogP contribution in [0.5, 0.6) is 5.75 Å². The van der Waals surface area contributed by atoms with Gasteiger partial charge in [-0.3, -0.25) is 4.79 Å². The molecule has 0 heterocycles. The van der Waals surface area contributed by atoms with Crippen LogP contribution < -0.4 is 10.1 Å². The summed E-state index contributed by atoms with van der Waals surface area (Å²) in [6.45, 7) is 1.89. The number of esters is 1. The summed E-state index contributed by atoms with van der Waals surface area (Å²) in [5, 5.41) is 2.74. The summed E-state index contributed by atoms with van der Waals surface area (Å²) in [6, 6.07) is 10.6. The van der Waals surface area contributed by atoms with Gasteiger partial charge in [-0.2, -0.15) is 0 Å². The molecule has 2 aromatic rings. The van der Waals surface area contributed by atoms with Crippen molar-refractivity contribution in [2.75, 3.05) is 19.0 Å². The fourth-order valence-electron chi connectivity index (χ4n) is 2.11. The van der Waals surface area contributed by atoms with Crippen molar-refractivity contribution in [2.24, 2.45) is 0 Å². The maximum Gasteiger partial charge on any atom is 0.338 e. The minimum atomic E-state index is -0.455. The molecule has 0 aliphatic rings. The van der Waals surface area contributed by atoms with Gasteiger partial charge in [0.2, 0.25) is 5.91 Å². The predicted octanol–water partition coefficient (Wildman–Crippen LogP) is 3.33. The Morgan fingerprint density at radius 3 is 2.50 bits per heavy atom. The van der Waals surface area contributed by atoms with Crippen molar-refractivity contribution in [3.05, 3.63) is 59.4 Å². The van der Waals surface area contributed by atoms with E-state index in [1.165, 1.54) is 31.4 Å². The van der Waals surface area contributed by atoms with Crippen molar-refractivity contribution >= 4 is 17.6 Å². The van der Waals surface area contributed by atoms with E-state index in [2.05, 4.69) is 5.32 Å². The molecule has 24 heavy (non-hydrogen) atoms. The van der Waals surface area contributed by atoms with Gasteiger partial charge in [0.25, 0.3) is 0 Å². The van der Waals surface area contributed by atoms with E-state index in [1.54, 1.807) is 25.1 Å². The standard InChI is InChI=1S/C18H18FNO4/c1-12-15(18(22)23-2)4-3-5-16(12)20-17(21)10-11-24-14-8-6-13(19)7-9-14/h3-9H,10-11H2,1-2H3,(H,20,21). The van der Waals surface area contributed by atoms with Crippen LogP contribution in [0.3, 0.4) is 0 Å². The summed E-state index contributed by atoms with van der Waals surface area (Å²) >= 11 is 0. The van der Waals surface area contributed by atoms with Crippen LogP contribution in [-0.2, 0) is 9.53 Å². The Labute approximate surface area is 139 Å². The van der Waals surface area contributed by atoms with E-state index >= 15 is 0 Å². The molecule has 0 radical (unpaired) electrons. The number of rotatable bonds is 6. The number of benzene rings is 2. The van der Waals surface area contributed by atoms with E-state index in [-0.39, 0.29) is 24.8 Å². The lowest BCUT2D eigenvalue weighted by Gasteiger charge is -2.11. The number of halogens is 1. The Hall–Kier alpha value is -2.89. The number of methoxy groups -OCH3 is 1. The van der Waals surface area contributed by atoms with Crippen LogP contribution in [-0.4, -0.2) is 25.6 Å². The molecule has 6 heteroatoms. The van der Waals surface area contributed by atoms with Crippen molar-refractivity contribution in [1.29, 1.82) is 0 Å². The maximum absolute atomic E-state index is 12.8. The van der Waals surface area contributed by atoms with E-state index in [0.717, 1.165) is 0 Å². The summed E-state index contributed by atoms with van der Waals surface area (Å²) in [5.41, 5.74) is 1.58. The highest BCUT2D eigenvalue weighted by atomic mass is 19.1. The molecule has 0 bridgehead atoms. The van der Waals surface area contributed by atoms with Gasteiger partial charge in [-0.1, -0.05) is 6.07 Å². The van der Waals surface area contributed by atoms with Gasteiger partial charge >= 0.3 is 5.97 Å². The number of carbonyl (C=O) groups is 2. The highest BCUT2D eigenvalue weighted by Crippen LogP contribution is 2.20. The van der Waals surface area contributed by atoms with Crippen LogP contribution in [0.15, 0.2) is 42.5 Å². The first-order valence-electron chi connectivity index (χ1n) is 7.37. The molecule has 0 aliphatic heterocycles. The lowest BCUT2D eigenvalue weighted by molar-refractivity contribution is -0.116. The van der Waals surface area contributed by atoms with E-state index in [1.807, 2.05) is 0 Å². The molecule has 0 spiro atoms. The van der Waals surface area contributed by atoms with Gasteiger partial charge in [0.1, 0.15) is 11.6 Å². The number of ether oxygens (including phenoxy) is 2. The highest BCUT2D eigenvalue weighted by molar-refractivity contribution is 5.96. The Balaban J connectivity index is 1.90. The maximum atomic E-state index is 12.8. The minimum Gasteiger partial charge on any atom is -0.493 e. The van der Waals surface area contributed by atoms with Crippen LogP contribution in [0.25, 0.3) is 0 Å². The van der Waals surface area contributed by atoms with Gasteiger partial charge in [0.05, 0.1) is 25.7 Å². The number of hydrogen-bond donors (Lipinski definition) is 1. The quantitative estimate of drug-likeness (QED) is 0.825. The van der Waals surface area contributed by atoms with Crippen LogP contribution in [0.4, 0.5) is 10.1 Å². The van der Waals surface area contributed by atoms with Crippen LogP contribution >= 0.6 is 0 Å². The molecule has 0 saturated heterocycles. The molecule has 126 valence electrons. The molecule has 0 saturated carbocycles. The number of nitrogens with one attached hydrogen (secondary N) is 1. The molecule has 0 unspecified atom stereocenters. The van der Waals surface area contributed by atoms with Crippen molar-refractivity contribution in [1.82, 2.24) is 0 Å². The Kier molecular flexibility index (Phi) is 5.89. The second-order valence-electron chi connectivity index (χ2n) is 5.07. The van der Waals surface area contributed by atoms with Gasteiger partial charge in [-0.05, 0) is 48.9 Å². The Morgan fingerprint density at radius 1 is 1.12 bits per heavy atom. The van der Waals surface area contributed by atoms with E-state index < -0.39 is 5.97 Å². The summed E-state index contributed by atoms with van der Waals surface area (Å²) in [4.78, 5) is 23.6. The number of hydrogen-bond acceptors (Lipinski definition) is 4. The zero-order chi connectivity index (χ0) is 17.5. The lowest BCUT2D eigenvalue weighted by atomic mass is 10.1. The average Bonchev–Trinajstić information content (AvgIpc) is 2.58. The second-order valence-corrected chi connectivity index (χ2v) is 5.07. The summed E-state index contributed by atoms with van der Waals surface area (Å²) in [7, 11) is 1.31. The molecular formula is C18H18FNO4. The largest absolute Gasteiger partial charge is 0.493 e. The molecule has 0 fully saturated rings. The predicted molar refractivity (Wildman–Crippen MR) is 87.7 cm³/mol. The van der Waals surface area contributed by atoms with Crippen molar-refractivity contribution in [2.45, 2.75) is 13.3 Å². The average molecular weight is 331 g/mol. The third-order valence-corrected chi connectivity index (χ3v) is 3.42. The highest BCUT2D eigenvalue weighted by Gasteiger charge is 2.13. The fourth-order valence-corrected chi connectivity index (χ4v) is 2.11. The van der Waals surface area contributed by atoms with Crippen molar-refractivity contribution in [3.63, 3.8) is 0 Å². The third-order valence-electron chi connectivity index (χ3n) is 3.42. The van der Waals surface area contributed by atoms with Crippen molar-refractivity contribution in [3.8, 4) is 5.75 Å². The van der Waals surface area contributed by atoms with Gasteiger partial charge in [-0.15, -0.1) is 0 Å². The van der Waals surface area contributed by atoms with E-state index in [9.17, 15) is 14.0 Å². The van der Waals surface area contributed by atoms with Crippen LogP contribution in [0.1, 0.15) is 22.3 Å². The zero-order valence-corrected chi connectivity index (χ0v) is 13.5. The van der Waals surface area contributed by atoms with Gasteiger partial charge in [0, 0.05) is 5.69 Å². The van der Waals surface area contributed by atoms with Crippen molar-refractivity contribution < 1.29 is 23.5 Å². The Bertz CT molecular complexity index is 728. The van der Waals surface area contributed by atoms with Crippen LogP contribution in [0, 0.1) is 12.7 Å². The number of anilines is 1. The lowest BCUT2D eigenvalue weighted by Crippen LogP contribution is -2.17. The fraction of sp³-hybridized carbons (Fsp3) is 0.222. The molecule has 1 amide bonds. The molecule has 1 N–H and O–H groups in total. The first-order valence-corrected chi connectivity index (χ1v) is 7.37. The smallest absolute Gasteiger partial charge is 0.338 e. The normalized spacial score (nSPS) is 10.1. The molecule has 2 rings (SSSR count). The van der Waals surface area contributed by atoms with E-state index in [4.69, 9.17) is 9.47 Å². The monoisotopic (exact) mass is 331 g/mol. The number of amides is 1. The Morgan fingerprint density at radius 2 is 1.83 bits per heavy atom. The first kappa shape index (κ1) is 17.5. The van der Waals surface area contributed by atoms with Gasteiger partial charge < -0.3 is 14.8 Å². The van der Waals surface area contributed by atoms with Gasteiger partial charge in [-0.25, -0.2) is 9.18 Å². The molecule has 0 aromatic heterocycles. The summed E-state index contributed by atoms with van der Waals surface area (Å²) in [5.74, 6) is -0.556. The minimum absolute atomic E-state index is 0.124. The topological polar surface area (TPSA) is 64.6 Å². The third kappa shape index (κ3) is 4.55. The summed E-state index contributed by atoms with van der Waals surface area (Å²) < 4.78 is 22.9. The molecule has 2 aromatic carbocycles. The SMILES string of the molecule is COC(=O)c1cccc(NC(=O)CCOc2ccc(F)cc2)c1C. The molecule has 0 atom stereocenters. The van der Waals surface area contributed by atoms with Crippen LogP contribution in [0.2, 0.25) is 0 Å².